The predicted molar refractivity (Wildman–Crippen MR) is 114 cm³/mol. The fourth-order valence-corrected chi connectivity index (χ4v) is 3.41. The number of aryl methyl sites for hydroxylation is 2. The van der Waals surface area contributed by atoms with E-state index in [2.05, 4.69) is 26.0 Å². The Morgan fingerprint density at radius 3 is 2.47 bits per heavy atom. The molecule has 176 valence electrons. The van der Waals surface area contributed by atoms with Crippen LogP contribution in [0.1, 0.15) is 35.7 Å². The second kappa shape index (κ2) is 8.96. The van der Waals surface area contributed by atoms with E-state index in [-0.39, 0.29) is 17.6 Å². The molecular weight excluding hydrogens is 453 g/mol. The molecule has 1 atom stereocenters. The highest BCUT2D eigenvalue weighted by molar-refractivity contribution is 5.98. The van der Waals surface area contributed by atoms with Gasteiger partial charge in [0, 0.05) is 29.9 Å². The summed E-state index contributed by atoms with van der Waals surface area (Å²) in [6, 6.07) is 8.74. The smallest absolute Gasteiger partial charge is 0.361 e. The van der Waals surface area contributed by atoms with Gasteiger partial charge in [-0.2, -0.15) is 13.2 Å². The third kappa shape index (κ3) is 4.90. The van der Waals surface area contributed by atoms with Crippen LogP contribution in [0.15, 0.2) is 57.8 Å². The summed E-state index contributed by atoms with van der Waals surface area (Å²) in [6.45, 7) is 5.63. The average Bonchev–Trinajstić information content (AvgIpc) is 3.39. The van der Waals surface area contributed by atoms with Gasteiger partial charge in [0.15, 0.2) is 0 Å². The van der Waals surface area contributed by atoms with E-state index in [0.717, 1.165) is 40.4 Å². The van der Waals surface area contributed by atoms with Crippen LogP contribution in [0.4, 0.5) is 29.5 Å². The van der Waals surface area contributed by atoms with Crippen molar-refractivity contribution >= 4 is 17.6 Å². The molecule has 4 rings (SSSR count). The molecular formula is C22H20F3N6O3+. The monoisotopic (exact) mass is 473 g/mol. The number of aromatic nitrogens is 4. The Bertz CT molecular complexity index is 1290. The van der Waals surface area contributed by atoms with Crippen LogP contribution in [0.2, 0.25) is 0 Å². The molecule has 1 aromatic carbocycles. The normalized spacial score (nSPS) is 12.4. The Hall–Kier alpha value is -4.22. The number of carbonyl (C=O) groups excluding carboxylic acids is 1. The van der Waals surface area contributed by atoms with E-state index in [1.807, 2.05) is 45.0 Å². The van der Waals surface area contributed by atoms with Crippen molar-refractivity contribution in [1.29, 1.82) is 0 Å². The molecule has 9 nitrogen and oxygen atoms in total. The molecule has 0 saturated carbocycles. The van der Waals surface area contributed by atoms with E-state index >= 15 is 0 Å². The minimum absolute atomic E-state index is 0.0155. The molecule has 0 aliphatic heterocycles. The number of anilines is 2. The maximum absolute atomic E-state index is 12.8. The van der Waals surface area contributed by atoms with Gasteiger partial charge in [-0.3, -0.25) is 14.8 Å². The van der Waals surface area contributed by atoms with E-state index in [1.165, 1.54) is 16.9 Å². The molecule has 1 unspecified atom stereocenters. The highest BCUT2D eigenvalue weighted by atomic mass is 19.4. The first kappa shape index (κ1) is 23.0. The van der Waals surface area contributed by atoms with Gasteiger partial charge in [-0.25, -0.2) is 4.79 Å². The van der Waals surface area contributed by atoms with Crippen LogP contribution in [0.5, 0.6) is 0 Å². The zero-order valence-corrected chi connectivity index (χ0v) is 18.3. The maximum atomic E-state index is 12.8. The van der Waals surface area contributed by atoms with Crippen LogP contribution in [0, 0.1) is 13.8 Å². The molecule has 0 spiro atoms. The SMILES string of the molecule is Cc1noc(C)c1-c1ccc(C(C)[n+]2cc(NC(=O)Nc3ccnc(C(F)(F)F)c3)on2)cc1. The first-order valence-electron chi connectivity index (χ1n) is 10.1. The topological polar surface area (TPSA) is 110 Å². The number of urea groups is 1. The molecule has 0 radical (unpaired) electrons. The predicted octanol–water partition coefficient (Wildman–Crippen LogP) is 4.90. The van der Waals surface area contributed by atoms with Crippen LogP contribution in [0.3, 0.4) is 0 Å². The summed E-state index contributed by atoms with van der Waals surface area (Å²) in [7, 11) is 0. The van der Waals surface area contributed by atoms with Gasteiger partial charge >= 0.3 is 18.1 Å². The summed E-state index contributed by atoms with van der Waals surface area (Å²) < 4.78 is 50.2. The lowest BCUT2D eigenvalue weighted by Gasteiger charge is -2.08. The van der Waals surface area contributed by atoms with Crippen molar-refractivity contribution in [3.63, 3.8) is 0 Å². The Morgan fingerprint density at radius 1 is 1.09 bits per heavy atom. The van der Waals surface area contributed by atoms with Crippen molar-refractivity contribution in [3.8, 4) is 11.1 Å². The summed E-state index contributed by atoms with van der Waals surface area (Å²) in [5.74, 6) is 0.751. The highest BCUT2D eigenvalue weighted by Gasteiger charge is 2.32. The van der Waals surface area contributed by atoms with Crippen molar-refractivity contribution in [2.75, 3.05) is 10.6 Å². The molecule has 2 amide bonds. The number of nitrogens with one attached hydrogen (secondary N) is 2. The van der Waals surface area contributed by atoms with Gasteiger partial charge in [-0.05, 0) is 36.2 Å². The molecule has 34 heavy (non-hydrogen) atoms. The number of rotatable bonds is 5. The number of hydrogen-bond acceptors (Lipinski definition) is 6. The Labute approximate surface area is 191 Å². The van der Waals surface area contributed by atoms with Crippen molar-refractivity contribution in [1.82, 2.24) is 15.4 Å². The van der Waals surface area contributed by atoms with Crippen LogP contribution in [-0.2, 0) is 6.18 Å². The Kier molecular flexibility index (Phi) is 6.05. The number of halogens is 3. The summed E-state index contributed by atoms with van der Waals surface area (Å²) in [5.41, 5.74) is 2.47. The number of pyridine rings is 1. The average molecular weight is 473 g/mol. The van der Waals surface area contributed by atoms with E-state index in [4.69, 9.17) is 9.05 Å². The summed E-state index contributed by atoms with van der Waals surface area (Å²) in [5, 5.41) is 12.6. The fraction of sp³-hybridized carbons (Fsp3) is 0.227. The first-order valence-corrected chi connectivity index (χ1v) is 10.1. The lowest BCUT2D eigenvalue weighted by atomic mass is 10.0. The molecule has 0 aliphatic rings. The van der Waals surface area contributed by atoms with Crippen molar-refractivity contribution in [2.24, 2.45) is 0 Å². The van der Waals surface area contributed by atoms with E-state index in [9.17, 15) is 18.0 Å². The molecule has 0 aliphatic carbocycles. The standard InChI is InChI=1S/C22H19F3N6O3/c1-12-20(14(3)33-29-12)16-6-4-15(5-7-16)13(2)31-11-19(34-30-31)28-21(32)27-17-8-9-26-18(10-17)22(23,24)25/h4-11,13H,1-3H3,(H-,26,27,28,30,32)/p+1. The third-order valence-corrected chi connectivity index (χ3v) is 5.14. The Balaban J connectivity index is 1.41. The molecule has 0 fully saturated rings. The van der Waals surface area contributed by atoms with Gasteiger partial charge in [0.2, 0.25) is 11.3 Å². The first-order chi connectivity index (χ1) is 16.1. The van der Waals surface area contributed by atoms with Crippen LogP contribution < -0.4 is 15.3 Å². The zero-order chi connectivity index (χ0) is 24.5. The largest absolute Gasteiger partial charge is 0.433 e. The fourth-order valence-electron chi connectivity index (χ4n) is 3.41. The molecule has 0 bridgehead atoms. The minimum atomic E-state index is -4.62. The lowest BCUT2D eigenvalue weighted by Crippen LogP contribution is -2.39. The van der Waals surface area contributed by atoms with E-state index in [1.54, 1.807) is 0 Å². The molecule has 12 heteroatoms. The molecule has 3 aromatic heterocycles. The summed E-state index contributed by atoms with van der Waals surface area (Å²) in [6.07, 6.45) is -2.19. The van der Waals surface area contributed by atoms with Gasteiger partial charge in [-0.1, -0.05) is 29.4 Å². The molecule has 3 heterocycles. The van der Waals surface area contributed by atoms with Gasteiger partial charge in [0.25, 0.3) is 6.20 Å². The van der Waals surface area contributed by atoms with Crippen molar-refractivity contribution in [2.45, 2.75) is 33.0 Å². The number of amides is 2. The number of benzene rings is 1. The van der Waals surface area contributed by atoms with Gasteiger partial charge < -0.3 is 9.84 Å². The highest BCUT2D eigenvalue weighted by Crippen LogP contribution is 2.29. The third-order valence-electron chi connectivity index (χ3n) is 5.14. The number of nitrogens with zero attached hydrogens (tertiary/aromatic N) is 4. The quantitative estimate of drug-likeness (QED) is 0.399. The van der Waals surface area contributed by atoms with Crippen LogP contribution >= 0.6 is 0 Å². The zero-order valence-electron chi connectivity index (χ0n) is 18.3. The summed E-state index contributed by atoms with van der Waals surface area (Å²) >= 11 is 0. The van der Waals surface area contributed by atoms with Gasteiger partial charge in [0.1, 0.15) is 11.5 Å². The second-order valence-corrected chi connectivity index (χ2v) is 7.55. The number of carbonyl (C=O) groups is 1. The van der Waals surface area contributed by atoms with Crippen molar-refractivity contribution < 1.29 is 31.7 Å². The maximum Gasteiger partial charge on any atom is 0.433 e. The second-order valence-electron chi connectivity index (χ2n) is 7.55. The lowest BCUT2D eigenvalue weighted by molar-refractivity contribution is -0.774. The van der Waals surface area contributed by atoms with Crippen LogP contribution in [-0.4, -0.2) is 21.4 Å². The van der Waals surface area contributed by atoms with Crippen molar-refractivity contribution in [3.05, 3.63) is 71.5 Å². The van der Waals surface area contributed by atoms with E-state index in [0.29, 0.717) is 0 Å². The van der Waals surface area contributed by atoms with E-state index < -0.39 is 17.9 Å². The molecule has 2 N–H and O–H groups in total. The molecule has 0 saturated heterocycles. The number of alkyl halides is 3. The van der Waals surface area contributed by atoms with Crippen LogP contribution in [0.25, 0.3) is 11.1 Å². The van der Waals surface area contributed by atoms with Gasteiger partial charge in [0.05, 0.1) is 5.69 Å². The Morgan fingerprint density at radius 2 is 1.82 bits per heavy atom. The summed E-state index contributed by atoms with van der Waals surface area (Å²) in [4.78, 5) is 15.4. The number of hydrogen-bond donors (Lipinski definition) is 2. The molecule has 4 aromatic rings. The minimum Gasteiger partial charge on any atom is -0.361 e. The van der Waals surface area contributed by atoms with Gasteiger partial charge in [-0.15, -0.1) is 0 Å².